The van der Waals surface area contributed by atoms with Gasteiger partial charge in [-0.2, -0.15) is 4.98 Å². The fourth-order valence-corrected chi connectivity index (χ4v) is 2.87. The van der Waals surface area contributed by atoms with Crippen LogP contribution in [0.1, 0.15) is 41.8 Å². The van der Waals surface area contributed by atoms with Gasteiger partial charge in [0.05, 0.1) is 0 Å². The number of pyridine rings is 1. The van der Waals surface area contributed by atoms with E-state index in [4.69, 9.17) is 4.98 Å². The Hall–Kier alpha value is -2.17. The van der Waals surface area contributed by atoms with Crippen LogP contribution in [0.2, 0.25) is 0 Å². The van der Waals surface area contributed by atoms with Crippen LogP contribution in [0.15, 0.2) is 18.3 Å². The maximum absolute atomic E-state index is 4.70. The molecule has 1 aliphatic rings. The van der Waals surface area contributed by atoms with Gasteiger partial charge in [-0.1, -0.05) is 6.07 Å². The topological polar surface area (TPSA) is 53.9 Å². The maximum atomic E-state index is 4.70. The predicted molar refractivity (Wildman–Crippen MR) is 93.9 cm³/mol. The van der Waals surface area contributed by atoms with Crippen LogP contribution in [0.3, 0.4) is 0 Å². The lowest BCUT2D eigenvalue weighted by Gasteiger charge is -2.27. The Labute approximate surface area is 138 Å². The van der Waals surface area contributed by atoms with E-state index >= 15 is 0 Å². The fourth-order valence-electron chi connectivity index (χ4n) is 2.87. The molecule has 5 heteroatoms. The molecule has 5 nitrogen and oxygen atoms in total. The summed E-state index contributed by atoms with van der Waals surface area (Å²) in [6.45, 7) is 9.00. The van der Waals surface area contributed by atoms with Gasteiger partial charge < -0.3 is 10.2 Å². The molecule has 23 heavy (non-hydrogen) atoms. The molecule has 1 saturated heterocycles. The monoisotopic (exact) mass is 311 g/mol. The van der Waals surface area contributed by atoms with E-state index in [1.54, 1.807) is 0 Å². The second-order valence-corrected chi connectivity index (χ2v) is 6.34. The molecular formula is C18H25N5. The average Bonchev–Trinajstić information content (AvgIpc) is 2.56. The van der Waals surface area contributed by atoms with Gasteiger partial charge in [0.1, 0.15) is 5.82 Å². The molecule has 1 fully saturated rings. The van der Waals surface area contributed by atoms with Gasteiger partial charge in [0.25, 0.3) is 0 Å². The Kier molecular flexibility index (Phi) is 4.74. The van der Waals surface area contributed by atoms with E-state index in [0.29, 0.717) is 0 Å². The molecule has 0 unspecified atom stereocenters. The third-order valence-electron chi connectivity index (χ3n) is 4.35. The quantitative estimate of drug-likeness (QED) is 0.938. The molecule has 0 amide bonds. The predicted octanol–water partition coefficient (Wildman–Crippen LogP) is 3.40. The summed E-state index contributed by atoms with van der Waals surface area (Å²) in [6.07, 6.45) is 5.70. The average molecular weight is 311 g/mol. The lowest BCUT2D eigenvalue weighted by molar-refractivity contribution is 0.568. The lowest BCUT2D eigenvalue weighted by Crippen LogP contribution is -2.31. The second kappa shape index (κ2) is 6.94. The molecule has 2 aromatic heterocycles. The molecule has 0 aliphatic carbocycles. The summed E-state index contributed by atoms with van der Waals surface area (Å²) in [7, 11) is 0. The highest BCUT2D eigenvalue weighted by Gasteiger charge is 2.14. The van der Waals surface area contributed by atoms with Crippen molar-refractivity contribution in [2.45, 2.75) is 46.6 Å². The molecule has 0 bridgehead atoms. The Morgan fingerprint density at radius 3 is 2.57 bits per heavy atom. The van der Waals surface area contributed by atoms with E-state index in [0.717, 1.165) is 42.8 Å². The molecule has 0 atom stereocenters. The van der Waals surface area contributed by atoms with Crippen molar-refractivity contribution in [2.24, 2.45) is 0 Å². The van der Waals surface area contributed by atoms with Crippen molar-refractivity contribution >= 4 is 11.8 Å². The number of rotatable bonds is 4. The minimum atomic E-state index is 0.726. The van der Waals surface area contributed by atoms with E-state index < -0.39 is 0 Å². The molecule has 2 aromatic rings. The Morgan fingerprint density at radius 1 is 1.04 bits per heavy atom. The first-order valence-corrected chi connectivity index (χ1v) is 8.38. The van der Waals surface area contributed by atoms with Crippen LogP contribution in [-0.4, -0.2) is 28.0 Å². The Bertz CT molecular complexity index is 677. The van der Waals surface area contributed by atoms with Gasteiger partial charge in [0.15, 0.2) is 0 Å². The zero-order valence-corrected chi connectivity index (χ0v) is 14.3. The standard InChI is InChI=1S/C18H25N5/c1-13-9-16(11-19-15(13)3)12-20-17-10-14(2)21-18(22-17)23-7-5-4-6-8-23/h9-11H,4-8,12H2,1-3H3,(H,20,21,22). The molecule has 1 N–H and O–H groups in total. The highest BCUT2D eigenvalue weighted by Crippen LogP contribution is 2.19. The molecular weight excluding hydrogens is 286 g/mol. The highest BCUT2D eigenvalue weighted by molar-refractivity contribution is 5.44. The number of piperidine rings is 1. The Balaban J connectivity index is 1.71. The van der Waals surface area contributed by atoms with Crippen LogP contribution in [-0.2, 0) is 6.54 Å². The van der Waals surface area contributed by atoms with Crippen molar-refractivity contribution < 1.29 is 0 Å². The van der Waals surface area contributed by atoms with Gasteiger partial charge in [-0.25, -0.2) is 4.98 Å². The molecule has 0 saturated carbocycles. The zero-order valence-electron chi connectivity index (χ0n) is 14.3. The van der Waals surface area contributed by atoms with E-state index in [-0.39, 0.29) is 0 Å². The zero-order chi connectivity index (χ0) is 16.2. The number of aryl methyl sites for hydroxylation is 3. The van der Waals surface area contributed by atoms with Crippen LogP contribution in [0.25, 0.3) is 0 Å². The van der Waals surface area contributed by atoms with Gasteiger partial charge in [-0.05, 0) is 51.2 Å². The van der Waals surface area contributed by atoms with Gasteiger partial charge in [0, 0.05) is 43.3 Å². The van der Waals surface area contributed by atoms with Gasteiger partial charge in [-0.3, -0.25) is 4.98 Å². The summed E-state index contributed by atoms with van der Waals surface area (Å²) in [5, 5.41) is 3.41. The first-order chi connectivity index (χ1) is 11.1. The van der Waals surface area contributed by atoms with E-state index in [9.17, 15) is 0 Å². The van der Waals surface area contributed by atoms with Crippen LogP contribution >= 0.6 is 0 Å². The largest absolute Gasteiger partial charge is 0.366 e. The molecule has 3 heterocycles. The molecule has 1 aliphatic heterocycles. The summed E-state index contributed by atoms with van der Waals surface area (Å²) in [5.74, 6) is 1.74. The molecule has 122 valence electrons. The van der Waals surface area contributed by atoms with E-state index in [2.05, 4.69) is 33.2 Å². The molecule has 0 spiro atoms. The van der Waals surface area contributed by atoms with Crippen LogP contribution in [0.4, 0.5) is 11.8 Å². The maximum Gasteiger partial charge on any atom is 0.227 e. The number of hydrogen-bond acceptors (Lipinski definition) is 5. The second-order valence-electron chi connectivity index (χ2n) is 6.34. The fraction of sp³-hybridized carbons (Fsp3) is 0.500. The van der Waals surface area contributed by atoms with Crippen molar-refractivity contribution in [1.29, 1.82) is 0 Å². The minimum absolute atomic E-state index is 0.726. The smallest absolute Gasteiger partial charge is 0.227 e. The summed E-state index contributed by atoms with van der Waals surface area (Å²) in [4.78, 5) is 16.0. The van der Waals surface area contributed by atoms with Crippen molar-refractivity contribution in [3.8, 4) is 0 Å². The van der Waals surface area contributed by atoms with Gasteiger partial charge in [0.2, 0.25) is 5.95 Å². The van der Waals surface area contributed by atoms with Crippen LogP contribution in [0, 0.1) is 20.8 Å². The normalized spacial score (nSPS) is 14.8. The third kappa shape index (κ3) is 3.97. The van der Waals surface area contributed by atoms with E-state index in [1.807, 2.05) is 26.1 Å². The van der Waals surface area contributed by atoms with Crippen molar-refractivity contribution in [3.05, 3.63) is 40.8 Å². The highest BCUT2D eigenvalue weighted by atomic mass is 15.3. The number of hydrogen-bond donors (Lipinski definition) is 1. The lowest BCUT2D eigenvalue weighted by atomic mass is 10.1. The minimum Gasteiger partial charge on any atom is -0.366 e. The number of nitrogens with zero attached hydrogens (tertiary/aromatic N) is 4. The van der Waals surface area contributed by atoms with Crippen molar-refractivity contribution in [2.75, 3.05) is 23.3 Å². The van der Waals surface area contributed by atoms with Crippen LogP contribution in [0.5, 0.6) is 0 Å². The SMILES string of the molecule is Cc1cc(NCc2cnc(C)c(C)c2)nc(N2CCCCC2)n1. The summed E-state index contributed by atoms with van der Waals surface area (Å²) >= 11 is 0. The number of aromatic nitrogens is 3. The summed E-state index contributed by atoms with van der Waals surface area (Å²) in [5.41, 5.74) is 4.47. The van der Waals surface area contributed by atoms with Crippen LogP contribution < -0.4 is 10.2 Å². The molecule has 0 radical (unpaired) electrons. The molecule has 0 aromatic carbocycles. The summed E-state index contributed by atoms with van der Waals surface area (Å²) < 4.78 is 0. The van der Waals surface area contributed by atoms with Gasteiger partial charge in [-0.15, -0.1) is 0 Å². The summed E-state index contributed by atoms with van der Waals surface area (Å²) in [6, 6.07) is 4.18. The first-order valence-electron chi connectivity index (χ1n) is 8.38. The Morgan fingerprint density at radius 2 is 1.83 bits per heavy atom. The van der Waals surface area contributed by atoms with E-state index in [1.165, 1.54) is 30.4 Å². The third-order valence-corrected chi connectivity index (χ3v) is 4.35. The first kappa shape index (κ1) is 15.7. The number of nitrogens with one attached hydrogen (secondary N) is 1. The van der Waals surface area contributed by atoms with Crippen molar-refractivity contribution in [1.82, 2.24) is 15.0 Å². The van der Waals surface area contributed by atoms with Gasteiger partial charge >= 0.3 is 0 Å². The molecule has 3 rings (SSSR count). The van der Waals surface area contributed by atoms with Crippen molar-refractivity contribution in [3.63, 3.8) is 0 Å². The number of anilines is 2.